The second kappa shape index (κ2) is 14.5. The van der Waals surface area contributed by atoms with Crippen LogP contribution in [0.2, 0.25) is 0 Å². The van der Waals surface area contributed by atoms with Gasteiger partial charge in [0.05, 0.1) is 12.6 Å². The Morgan fingerprint density at radius 1 is 1.00 bits per heavy atom. The average Bonchev–Trinajstić information content (AvgIpc) is 3.24. The summed E-state index contributed by atoms with van der Waals surface area (Å²) in [5.41, 5.74) is 4.84. The van der Waals surface area contributed by atoms with Gasteiger partial charge < -0.3 is 25.0 Å². The summed E-state index contributed by atoms with van der Waals surface area (Å²) in [6.45, 7) is 11.8. The molecule has 2 aromatic rings. The standard InChI is InChI=1S/C35H50N6O4/c1-25-20-27(21-26(2)33(25)42)22-32(34(43)40-17-15-39(16-18-40)30-7-5-19-45-23-30)36-24-38-12-10-29(11-13-38)41-14-9-28-6-3-4-8-31(28)37-35(41)44/h3-4,6,8,20-21,29-30,32,36,42H,5,7,9-19,22-24H2,1-2H3,(H,37,44)/t30?,32-/m1/s1. The maximum absolute atomic E-state index is 14.0. The summed E-state index contributed by atoms with van der Waals surface area (Å²) >= 11 is 0. The van der Waals surface area contributed by atoms with Gasteiger partial charge in [-0.15, -0.1) is 0 Å². The minimum Gasteiger partial charge on any atom is -0.507 e. The van der Waals surface area contributed by atoms with Gasteiger partial charge in [0.15, 0.2) is 0 Å². The Kier molecular flexibility index (Phi) is 10.2. The Balaban J connectivity index is 1.05. The molecule has 0 spiro atoms. The highest BCUT2D eigenvalue weighted by Gasteiger charge is 2.33. The summed E-state index contributed by atoms with van der Waals surface area (Å²) < 4.78 is 5.72. The lowest BCUT2D eigenvalue weighted by Crippen LogP contribution is -2.58. The third-order valence-electron chi connectivity index (χ3n) is 10.3. The molecular weight excluding hydrogens is 568 g/mol. The van der Waals surface area contributed by atoms with Crippen molar-refractivity contribution in [2.45, 2.75) is 70.5 Å². The molecule has 2 atom stereocenters. The lowest BCUT2D eigenvalue weighted by atomic mass is 9.99. The molecular formula is C35H50N6O4. The molecule has 244 valence electrons. The number of nitrogens with zero attached hydrogens (tertiary/aromatic N) is 4. The van der Waals surface area contributed by atoms with Crippen LogP contribution in [0.4, 0.5) is 10.5 Å². The van der Waals surface area contributed by atoms with Gasteiger partial charge in [0, 0.05) is 76.9 Å². The van der Waals surface area contributed by atoms with E-state index in [1.807, 2.05) is 54.0 Å². The van der Waals surface area contributed by atoms with E-state index in [2.05, 4.69) is 26.5 Å². The average molecular weight is 619 g/mol. The number of amides is 3. The number of ether oxygens (including phenoxy) is 1. The van der Waals surface area contributed by atoms with E-state index in [9.17, 15) is 14.7 Å². The lowest BCUT2D eigenvalue weighted by molar-refractivity contribution is -0.136. The van der Waals surface area contributed by atoms with Gasteiger partial charge in [0.2, 0.25) is 5.91 Å². The molecule has 10 nitrogen and oxygen atoms in total. The number of likely N-dealkylation sites (tertiary alicyclic amines) is 1. The van der Waals surface area contributed by atoms with Crippen LogP contribution in [0.1, 0.15) is 47.9 Å². The molecule has 4 heterocycles. The molecule has 4 aliphatic heterocycles. The second-order valence-electron chi connectivity index (χ2n) is 13.3. The first-order valence-corrected chi connectivity index (χ1v) is 16.9. The SMILES string of the molecule is Cc1cc(C[C@@H](NCN2CCC(N3CCc4ccccc4NC3=O)CC2)C(=O)N2CCN(C3CCCOC3)CC2)cc(C)c1O. The van der Waals surface area contributed by atoms with Crippen LogP contribution in [0.15, 0.2) is 36.4 Å². The summed E-state index contributed by atoms with van der Waals surface area (Å²) in [5.74, 6) is 0.468. The summed E-state index contributed by atoms with van der Waals surface area (Å²) in [5, 5.41) is 17.1. The van der Waals surface area contributed by atoms with E-state index in [-0.39, 0.29) is 24.0 Å². The van der Waals surface area contributed by atoms with Crippen LogP contribution in [-0.4, -0.2) is 120 Å². The van der Waals surface area contributed by atoms with Crippen molar-refractivity contribution < 1.29 is 19.4 Å². The number of phenolic OH excluding ortho intramolecular Hbond substituents is 1. The molecule has 0 saturated carbocycles. The molecule has 10 heteroatoms. The van der Waals surface area contributed by atoms with Crippen LogP contribution in [-0.2, 0) is 22.4 Å². The van der Waals surface area contributed by atoms with Gasteiger partial charge in [-0.3, -0.25) is 19.9 Å². The molecule has 1 unspecified atom stereocenters. The maximum Gasteiger partial charge on any atom is 0.322 e. The minimum atomic E-state index is -0.356. The number of rotatable bonds is 8. The highest BCUT2D eigenvalue weighted by Crippen LogP contribution is 2.26. The molecule has 0 aromatic heterocycles. The molecule has 3 N–H and O–H groups in total. The number of hydrogen-bond donors (Lipinski definition) is 3. The molecule has 3 fully saturated rings. The topological polar surface area (TPSA) is 101 Å². The molecule has 0 aliphatic carbocycles. The molecule has 3 amide bonds. The number of para-hydroxylation sites is 1. The minimum absolute atomic E-state index is 0.00206. The van der Waals surface area contributed by atoms with Crippen LogP contribution < -0.4 is 10.6 Å². The number of piperazine rings is 1. The Morgan fingerprint density at radius 2 is 1.73 bits per heavy atom. The largest absolute Gasteiger partial charge is 0.507 e. The predicted molar refractivity (Wildman–Crippen MR) is 176 cm³/mol. The van der Waals surface area contributed by atoms with E-state index in [1.165, 1.54) is 12.0 Å². The fraction of sp³-hybridized carbons (Fsp3) is 0.600. The highest BCUT2D eigenvalue weighted by molar-refractivity contribution is 5.91. The van der Waals surface area contributed by atoms with E-state index in [1.54, 1.807) is 0 Å². The molecule has 0 bridgehead atoms. The van der Waals surface area contributed by atoms with Gasteiger partial charge in [0.1, 0.15) is 5.75 Å². The number of urea groups is 1. The van der Waals surface area contributed by atoms with Gasteiger partial charge in [0.25, 0.3) is 0 Å². The first-order chi connectivity index (χ1) is 21.9. The molecule has 45 heavy (non-hydrogen) atoms. The van der Waals surface area contributed by atoms with Crippen molar-refractivity contribution in [1.82, 2.24) is 24.9 Å². The lowest BCUT2D eigenvalue weighted by Gasteiger charge is -2.42. The molecule has 0 radical (unpaired) electrons. The maximum atomic E-state index is 14.0. The normalized spacial score (nSPS) is 22.9. The second-order valence-corrected chi connectivity index (χ2v) is 13.3. The van der Waals surface area contributed by atoms with E-state index in [0.29, 0.717) is 24.9 Å². The highest BCUT2D eigenvalue weighted by atomic mass is 16.5. The number of carbonyl (C=O) groups is 2. The number of hydrogen-bond acceptors (Lipinski definition) is 7. The van der Waals surface area contributed by atoms with Gasteiger partial charge in [-0.25, -0.2) is 4.79 Å². The summed E-state index contributed by atoms with van der Waals surface area (Å²) in [7, 11) is 0. The van der Waals surface area contributed by atoms with Gasteiger partial charge >= 0.3 is 6.03 Å². The number of piperidine rings is 1. The zero-order chi connectivity index (χ0) is 31.3. The van der Waals surface area contributed by atoms with Crippen molar-refractivity contribution in [2.24, 2.45) is 0 Å². The van der Waals surface area contributed by atoms with Crippen molar-refractivity contribution in [3.05, 3.63) is 58.7 Å². The van der Waals surface area contributed by atoms with E-state index in [0.717, 1.165) is 107 Å². The fourth-order valence-corrected chi connectivity index (χ4v) is 7.55. The van der Waals surface area contributed by atoms with Gasteiger partial charge in [-0.2, -0.15) is 0 Å². The Bertz CT molecular complexity index is 1310. The van der Waals surface area contributed by atoms with Crippen molar-refractivity contribution in [3.63, 3.8) is 0 Å². The van der Waals surface area contributed by atoms with Crippen molar-refractivity contribution in [3.8, 4) is 5.75 Å². The fourth-order valence-electron chi connectivity index (χ4n) is 7.55. The third-order valence-corrected chi connectivity index (χ3v) is 10.3. The summed E-state index contributed by atoms with van der Waals surface area (Å²) in [4.78, 5) is 36.0. The van der Waals surface area contributed by atoms with Crippen LogP contribution in [0.5, 0.6) is 5.75 Å². The monoisotopic (exact) mass is 618 g/mol. The number of benzene rings is 2. The number of fused-ring (bicyclic) bond motifs is 1. The first-order valence-electron chi connectivity index (χ1n) is 16.9. The van der Waals surface area contributed by atoms with Crippen LogP contribution in [0, 0.1) is 13.8 Å². The zero-order valence-electron chi connectivity index (χ0n) is 27.0. The van der Waals surface area contributed by atoms with E-state index < -0.39 is 0 Å². The smallest absolute Gasteiger partial charge is 0.322 e. The van der Waals surface area contributed by atoms with Crippen LogP contribution >= 0.6 is 0 Å². The Morgan fingerprint density at radius 3 is 2.44 bits per heavy atom. The van der Waals surface area contributed by atoms with E-state index >= 15 is 0 Å². The number of anilines is 1. The quantitative estimate of drug-likeness (QED) is 0.417. The summed E-state index contributed by atoms with van der Waals surface area (Å²) in [6, 6.07) is 12.4. The first kappa shape index (κ1) is 31.8. The number of carbonyl (C=O) groups excluding carboxylic acids is 2. The zero-order valence-corrected chi connectivity index (χ0v) is 27.0. The third kappa shape index (κ3) is 7.62. The van der Waals surface area contributed by atoms with Crippen LogP contribution in [0.3, 0.4) is 0 Å². The number of phenols is 1. The molecule has 2 aromatic carbocycles. The number of aryl methyl sites for hydroxylation is 2. The Hall–Kier alpha value is -3.18. The van der Waals surface area contributed by atoms with Crippen molar-refractivity contribution >= 4 is 17.6 Å². The predicted octanol–water partition coefficient (Wildman–Crippen LogP) is 3.35. The molecule has 3 saturated heterocycles. The molecule has 6 rings (SSSR count). The number of aromatic hydroxyl groups is 1. The van der Waals surface area contributed by atoms with Gasteiger partial charge in [-0.1, -0.05) is 30.3 Å². The van der Waals surface area contributed by atoms with Crippen molar-refractivity contribution in [2.75, 3.05) is 71.0 Å². The van der Waals surface area contributed by atoms with Gasteiger partial charge in [-0.05, 0) is 80.7 Å². The Labute approximate surface area is 267 Å². The van der Waals surface area contributed by atoms with Crippen molar-refractivity contribution in [1.29, 1.82) is 0 Å². The van der Waals surface area contributed by atoms with Crippen LogP contribution in [0.25, 0.3) is 0 Å². The summed E-state index contributed by atoms with van der Waals surface area (Å²) in [6.07, 6.45) is 5.53. The van der Waals surface area contributed by atoms with E-state index in [4.69, 9.17) is 4.74 Å². The molecule has 4 aliphatic rings. The number of nitrogens with one attached hydrogen (secondary N) is 2.